The van der Waals surface area contributed by atoms with Gasteiger partial charge in [-0.3, -0.25) is 4.79 Å². The van der Waals surface area contributed by atoms with Crippen molar-refractivity contribution in [2.75, 3.05) is 0 Å². The van der Waals surface area contributed by atoms with Gasteiger partial charge < -0.3 is 4.57 Å². The lowest BCUT2D eigenvalue weighted by Crippen LogP contribution is -2.16. The molecule has 0 unspecified atom stereocenters. The Morgan fingerprint density at radius 3 is 2.91 bits per heavy atom. The molecule has 0 fully saturated rings. The molecular formula is C15H11Cl2N3OS. The van der Waals surface area contributed by atoms with E-state index in [4.69, 9.17) is 23.2 Å². The number of rotatable bonds is 3. The van der Waals surface area contributed by atoms with Crippen LogP contribution in [0, 0.1) is 0 Å². The fraction of sp³-hybridized carbons (Fsp3) is 0.0667. The number of halogens is 2. The molecule has 0 saturated carbocycles. The van der Waals surface area contributed by atoms with E-state index in [2.05, 4.69) is 10.5 Å². The Hall–Kier alpha value is -1.82. The van der Waals surface area contributed by atoms with Crippen LogP contribution in [0.25, 0.3) is 10.1 Å². The first-order valence-electron chi connectivity index (χ1n) is 6.38. The lowest BCUT2D eigenvalue weighted by Gasteiger charge is -1.98. The van der Waals surface area contributed by atoms with Gasteiger partial charge in [-0.2, -0.15) is 5.10 Å². The van der Waals surface area contributed by atoms with Gasteiger partial charge in [-0.25, -0.2) is 5.43 Å². The number of thiophene rings is 1. The fourth-order valence-electron chi connectivity index (χ4n) is 2.00. The van der Waals surface area contributed by atoms with Crippen LogP contribution in [0.5, 0.6) is 0 Å². The van der Waals surface area contributed by atoms with Crippen molar-refractivity contribution in [1.29, 1.82) is 0 Å². The lowest BCUT2D eigenvalue weighted by atomic mass is 10.2. The highest BCUT2D eigenvalue weighted by Gasteiger charge is 2.16. The fourth-order valence-corrected chi connectivity index (χ4v) is 3.68. The summed E-state index contributed by atoms with van der Waals surface area (Å²) in [6, 6.07) is 9.13. The SMILES string of the molecule is Cn1cccc1/C=N\NC(=O)c1sc2cc(Cl)ccc2c1Cl. The predicted molar refractivity (Wildman–Crippen MR) is 92.3 cm³/mol. The third-order valence-corrected chi connectivity index (χ3v) is 5.04. The number of amides is 1. The van der Waals surface area contributed by atoms with E-state index in [1.165, 1.54) is 11.3 Å². The summed E-state index contributed by atoms with van der Waals surface area (Å²) >= 11 is 13.5. The maximum absolute atomic E-state index is 12.2. The van der Waals surface area contributed by atoms with Crippen molar-refractivity contribution in [2.24, 2.45) is 12.1 Å². The molecule has 2 heterocycles. The molecule has 0 aliphatic carbocycles. The number of hydrogen-bond acceptors (Lipinski definition) is 3. The van der Waals surface area contributed by atoms with E-state index in [0.29, 0.717) is 14.9 Å². The summed E-state index contributed by atoms with van der Waals surface area (Å²) in [5.41, 5.74) is 3.37. The van der Waals surface area contributed by atoms with Crippen molar-refractivity contribution in [2.45, 2.75) is 0 Å². The first-order chi connectivity index (χ1) is 10.6. The smallest absolute Gasteiger partial charge is 0.283 e. The molecule has 3 aromatic rings. The average Bonchev–Trinajstić information content (AvgIpc) is 3.03. The highest BCUT2D eigenvalue weighted by atomic mass is 35.5. The first kappa shape index (κ1) is 15.1. The Balaban J connectivity index is 1.82. The van der Waals surface area contributed by atoms with Gasteiger partial charge in [0.15, 0.2) is 0 Å². The van der Waals surface area contributed by atoms with Crippen LogP contribution in [0.2, 0.25) is 10.0 Å². The summed E-state index contributed by atoms with van der Waals surface area (Å²) < 4.78 is 2.76. The number of hydrazone groups is 1. The van der Waals surface area contributed by atoms with E-state index in [-0.39, 0.29) is 5.91 Å². The second-order valence-corrected chi connectivity index (χ2v) is 6.50. The van der Waals surface area contributed by atoms with Crippen molar-refractivity contribution in [3.63, 3.8) is 0 Å². The van der Waals surface area contributed by atoms with Crippen LogP contribution in [0.1, 0.15) is 15.4 Å². The van der Waals surface area contributed by atoms with Gasteiger partial charge >= 0.3 is 0 Å². The van der Waals surface area contributed by atoms with Crippen molar-refractivity contribution in [3.8, 4) is 0 Å². The molecule has 0 spiro atoms. The number of benzene rings is 1. The van der Waals surface area contributed by atoms with Crippen molar-refractivity contribution in [1.82, 2.24) is 9.99 Å². The summed E-state index contributed by atoms with van der Waals surface area (Å²) in [6.07, 6.45) is 3.48. The minimum Gasteiger partial charge on any atom is -0.350 e. The number of aryl methyl sites for hydroxylation is 1. The van der Waals surface area contributed by atoms with E-state index >= 15 is 0 Å². The van der Waals surface area contributed by atoms with Crippen LogP contribution in [0.3, 0.4) is 0 Å². The third kappa shape index (κ3) is 2.88. The molecule has 22 heavy (non-hydrogen) atoms. The second-order valence-electron chi connectivity index (χ2n) is 4.63. The monoisotopic (exact) mass is 351 g/mol. The molecule has 0 saturated heterocycles. The highest BCUT2D eigenvalue weighted by molar-refractivity contribution is 7.21. The van der Waals surface area contributed by atoms with E-state index in [9.17, 15) is 4.79 Å². The molecule has 0 atom stereocenters. The van der Waals surface area contributed by atoms with Crippen LogP contribution in [-0.4, -0.2) is 16.7 Å². The first-order valence-corrected chi connectivity index (χ1v) is 7.96. The summed E-state index contributed by atoms with van der Waals surface area (Å²) in [5.74, 6) is -0.340. The molecular weight excluding hydrogens is 341 g/mol. The summed E-state index contributed by atoms with van der Waals surface area (Å²) in [7, 11) is 1.90. The predicted octanol–water partition coefficient (Wildman–Crippen LogP) is 4.31. The van der Waals surface area contributed by atoms with Gasteiger partial charge in [0.25, 0.3) is 5.91 Å². The van der Waals surface area contributed by atoms with E-state index < -0.39 is 0 Å². The van der Waals surface area contributed by atoms with Crippen LogP contribution in [0.4, 0.5) is 0 Å². The third-order valence-electron chi connectivity index (χ3n) is 3.14. The van der Waals surface area contributed by atoms with Gasteiger partial charge in [0, 0.05) is 28.4 Å². The maximum atomic E-state index is 12.2. The summed E-state index contributed by atoms with van der Waals surface area (Å²) in [5, 5.41) is 5.80. The number of nitrogens with zero attached hydrogens (tertiary/aromatic N) is 2. The molecule has 1 aromatic carbocycles. The van der Waals surface area contributed by atoms with Crippen molar-refractivity contribution >= 4 is 56.7 Å². The minimum absolute atomic E-state index is 0.340. The largest absolute Gasteiger partial charge is 0.350 e. The molecule has 1 amide bonds. The van der Waals surface area contributed by atoms with Gasteiger partial charge in [-0.15, -0.1) is 11.3 Å². The van der Waals surface area contributed by atoms with Gasteiger partial charge in [0.2, 0.25) is 0 Å². The molecule has 7 heteroatoms. The Morgan fingerprint density at radius 2 is 2.18 bits per heavy atom. The number of aromatic nitrogens is 1. The number of hydrogen-bond donors (Lipinski definition) is 1. The Bertz CT molecular complexity index is 882. The number of carbonyl (C=O) groups excluding carboxylic acids is 1. The highest BCUT2D eigenvalue weighted by Crippen LogP contribution is 2.36. The van der Waals surface area contributed by atoms with Crippen molar-refractivity contribution < 1.29 is 4.79 Å². The van der Waals surface area contributed by atoms with Gasteiger partial charge in [-0.1, -0.05) is 29.3 Å². The maximum Gasteiger partial charge on any atom is 0.283 e. The normalized spacial score (nSPS) is 11.4. The van der Waals surface area contributed by atoms with E-state index in [0.717, 1.165) is 15.8 Å². The van der Waals surface area contributed by atoms with Gasteiger partial charge in [0.05, 0.1) is 16.9 Å². The molecule has 0 radical (unpaired) electrons. The Kier molecular flexibility index (Phi) is 4.20. The van der Waals surface area contributed by atoms with Crippen LogP contribution < -0.4 is 5.43 Å². The molecule has 4 nitrogen and oxygen atoms in total. The van der Waals surface area contributed by atoms with Gasteiger partial charge in [0.1, 0.15) is 4.88 Å². The Labute approximate surface area is 141 Å². The average molecular weight is 352 g/mol. The number of fused-ring (bicyclic) bond motifs is 1. The molecule has 3 rings (SSSR count). The minimum atomic E-state index is -0.340. The number of carbonyl (C=O) groups is 1. The van der Waals surface area contributed by atoms with Crippen LogP contribution in [-0.2, 0) is 7.05 Å². The summed E-state index contributed by atoms with van der Waals surface area (Å²) in [4.78, 5) is 12.6. The molecule has 1 N–H and O–H groups in total. The van der Waals surface area contributed by atoms with Crippen LogP contribution in [0.15, 0.2) is 41.6 Å². The zero-order chi connectivity index (χ0) is 15.7. The van der Waals surface area contributed by atoms with Gasteiger partial charge in [-0.05, 0) is 24.3 Å². The molecule has 0 aliphatic rings. The Morgan fingerprint density at radius 1 is 1.36 bits per heavy atom. The molecule has 112 valence electrons. The zero-order valence-electron chi connectivity index (χ0n) is 11.5. The standard InChI is InChI=1S/C15H11Cl2N3OS/c1-20-6-2-3-10(20)8-18-19-15(21)14-13(17)11-5-4-9(16)7-12(11)22-14/h2-8H,1H3,(H,19,21)/b18-8-. The molecule has 2 aromatic heterocycles. The number of nitrogens with one attached hydrogen (secondary N) is 1. The zero-order valence-corrected chi connectivity index (χ0v) is 13.8. The summed E-state index contributed by atoms with van der Waals surface area (Å²) in [6.45, 7) is 0. The van der Waals surface area contributed by atoms with E-state index in [1.54, 1.807) is 24.4 Å². The van der Waals surface area contributed by atoms with E-state index in [1.807, 2.05) is 29.9 Å². The second kappa shape index (κ2) is 6.12. The van der Waals surface area contributed by atoms with Crippen molar-refractivity contribution in [3.05, 3.63) is 57.1 Å². The van der Waals surface area contributed by atoms with Crippen LogP contribution >= 0.6 is 34.5 Å². The topological polar surface area (TPSA) is 46.4 Å². The lowest BCUT2D eigenvalue weighted by molar-refractivity contribution is 0.0959. The quantitative estimate of drug-likeness (QED) is 0.554. The molecule has 0 aliphatic heterocycles. The molecule has 0 bridgehead atoms.